The van der Waals surface area contributed by atoms with Gasteiger partial charge in [-0.2, -0.15) is 0 Å². The summed E-state index contributed by atoms with van der Waals surface area (Å²) in [7, 11) is 0. The number of hydrogen-bond donors (Lipinski definition) is 0. The molecule has 0 saturated heterocycles. The molecule has 16 heavy (non-hydrogen) atoms. The summed E-state index contributed by atoms with van der Waals surface area (Å²) in [5.74, 6) is 0. The van der Waals surface area contributed by atoms with Gasteiger partial charge in [0.15, 0.2) is 0 Å². The van der Waals surface area contributed by atoms with Crippen molar-refractivity contribution in [3.05, 3.63) is 35.4 Å². The first-order valence-electron chi connectivity index (χ1n) is 6.24. The van der Waals surface area contributed by atoms with Gasteiger partial charge in [0.2, 0.25) is 0 Å². The molecule has 1 aromatic carbocycles. The van der Waals surface area contributed by atoms with Gasteiger partial charge in [-0.15, -0.1) is 0 Å². The maximum atomic E-state index is 2.51. The van der Waals surface area contributed by atoms with Crippen LogP contribution in [0.15, 0.2) is 24.3 Å². The first-order valence-corrected chi connectivity index (χ1v) is 27.4. The summed E-state index contributed by atoms with van der Waals surface area (Å²) in [5, 5.41) is 0. The zero-order chi connectivity index (χ0) is 12.4. The van der Waals surface area contributed by atoms with Crippen LogP contribution in [0.4, 0.5) is 0 Å². The van der Waals surface area contributed by atoms with E-state index < -0.39 is 36.8 Å². The average Bonchev–Trinajstić information content (AvgIpc) is 2.03. The Morgan fingerprint density at radius 1 is 0.625 bits per heavy atom. The van der Waals surface area contributed by atoms with Crippen LogP contribution in [-0.4, -0.2) is 36.8 Å². The summed E-state index contributed by atoms with van der Waals surface area (Å²) in [5.41, 5.74) is 3.13. The molecule has 0 fully saturated rings. The van der Waals surface area contributed by atoms with Crippen LogP contribution in [0.3, 0.4) is 0 Å². The zero-order valence-corrected chi connectivity index (χ0v) is 17.4. The van der Waals surface area contributed by atoms with Gasteiger partial charge in [0.25, 0.3) is 0 Å². The minimum atomic E-state index is -1.64. The topological polar surface area (TPSA) is 0 Å². The predicted molar refractivity (Wildman–Crippen MR) is 80.5 cm³/mol. The predicted octanol–water partition coefficient (Wildman–Crippen LogP) is 4.53. The number of hydrogen-bond acceptors (Lipinski definition) is 0. The molecule has 0 aliphatic heterocycles. The van der Waals surface area contributed by atoms with Crippen LogP contribution < -0.4 is 0 Å². The summed E-state index contributed by atoms with van der Waals surface area (Å²) in [6, 6.07) is 9.48. The van der Waals surface area contributed by atoms with Gasteiger partial charge in [0.1, 0.15) is 0 Å². The fraction of sp³-hybridized carbons (Fsp3) is 0.571. The van der Waals surface area contributed by atoms with Crippen molar-refractivity contribution in [2.24, 2.45) is 0 Å². The van der Waals surface area contributed by atoms with Gasteiger partial charge in [-0.1, -0.05) is 0 Å². The monoisotopic (exact) mass is 434 g/mol. The van der Waals surface area contributed by atoms with Gasteiger partial charge in [-0.25, -0.2) is 0 Å². The Morgan fingerprint density at radius 3 is 1.06 bits per heavy atom. The zero-order valence-electron chi connectivity index (χ0n) is 11.7. The molecule has 90 valence electrons. The fourth-order valence-corrected chi connectivity index (χ4v) is 10.3. The summed E-state index contributed by atoms with van der Waals surface area (Å²) in [6.07, 6.45) is 0. The van der Waals surface area contributed by atoms with Gasteiger partial charge in [0, 0.05) is 0 Å². The molecule has 0 nitrogen and oxygen atoms in total. The van der Waals surface area contributed by atoms with E-state index in [1.807, 2.05) is 0 Å². The molecule has 0 atom stereocenters. The summed E-state index contributed by atoms with van der Waals surface area (Å²) >= 11 is -3.27. The Labute approximate surface area is 110 Å². The van der Waals surface area contributed by atoms with Gasteiger partial charge in [0.05, 0.1) is 0 Å². The molecule has 0 aliphatic carbocycles. The normalized spacial score (nSPS) is 12.9. The quantitative estimate of drug-likeness (QED) is 0.615. The van der Waals surface area contributed by atoms with Crippen molar-refractivity contribution in [1.82, 2.24) is 0 Å². The van der Waals surface area contributed by atoms with Gasteiger partial charge in [-0.3, -0.25) is 0 Å². The van der Waals surface area contributed by atoms with Crippen molar-refractivity contribution in [3.63, 3.8) is 0 Å². The Bertz CT molecular complexity index is 290. The first-order chi connectivity index (χ1) is 7.16. The van der Waals surface area contributed by atoms with E-state index in [1.165, 1.54) is 8.87 Å². The molecular formula is C14H26Sn2. The van der Waals surface area contributed by atoms with Crippen LogP contribution in [0, 0.1) is 0 Å². The SMILES string of the molecule is [CH3][Sn]([CH3])([CH3])[CH2]c1ccc([CH2][Sn]([CH3])([CH3])[CH3])cc1. The Morgan fingerprint density at radius 2 is 0.875 bits per heavy atom. The third-order valence-corrected chi connectivity index (χ3v) is 10.9. The van der Waals surface area contributed by atoms with Gasteiger partial charge >= 0.3 is 111 Å². The van der Waals surface area contributed by atoms with Crippen LogP contribution in [0.1, 0.15) is 11.1 Å². The van der Waals surface area contributed by atoms with E-state index in [0.717, 1.165) is 0 Å². The van der Waals surface area contributed by atoms with Crippen molar-refractivity contribution in [1.29, 1.82) is 0 Å². The van der Waals surface area contributed by atoms with E-state index in [1.54, 1.807) is 11.1 Å². The molecule has 1 aromatic rings. The first kappa shape index (κ1) is 14.9. The van der Waals surface area contributed by atoms with E-state index in [4.69, 9.17) is 0 Å². The molecule has 1 rings (SSSR count). The molecule has 0 amide bonds. The summed E-state index contributed by atoms with van der Waals surface area (Å²) in [4.78, 5) is 15.0. The molecule has 0 heterocycles. The van der Waals surface area contributed by atoms with E-state index in [2.05, 4.69) is 53.9 Å². The third-order valence-electron chi connectivity index (χ3n) is 2.49. The third kappa shape index (κ3) is 6.53. The van der Waals surface area contributed by atoms with Crippen LogP contribution in [-0.2, 0) is 8.87 Å². The molecular weight excluding hydrogens is 406 g/mol. The second-order valence-corrected chi connectivity index (χ2v) is 38.5. The van der Waals surface area contributed by atoms with Crippen molar-refractivity contribution in [2.45, 2.75) is 38.5 Å². The van der Waals surface area contributed by atoms with Crippen molar-refractivity contribution < 1.29 is 0 Å². The second kappa shape index (κ2) is 5.64. The second-order valence-electron chi connectivity index (χ2n) is 7.29. The van der Waals surface area contributed by atoms with Gasteiger partial charge < -0.3 is 0 Å². The van der Waals surface area contributed by atoms with E-state index in [0.29, 0.717) is 0 Å². The fourth-order valence-electron chi connectivity index (χ4n) is 2.00. The molecule has 0 aromatic heterocycles. The molecule has 2 heteroatoms. The Hall–Kier alpha value is 0.817. The van der Waals surface area contributed by atoms with Crippen LogP contribution in [0.5, 0.6) is 0 Å². The van der Waals surface area contributed by atoms with E-state index in [9.17, 15) is 0 Å². The minimum absolute atomic E-state index is 1.38. The van der Waals surface area contributed by atoms with E-state index in [-0.39, 0.29) is 0 Å². The average molecular weight is 432 g/mol. The number of rotatable bonds is 4. The molecule has 0 unspecified atom stereocenters. The van der Waals surface area contributed by atoms with Crippen LogP contribution >= 0.6 is 0 Å². The molecule has 0 spiro atoms. The maximum absolute atomic E-state index is 2.51. The van der Waals surface area contributed by atoms with Crippen molar-refractivity contribution in [2.75, 3.05) is 0 Å². The standard InChI is InChI=1S/C8H8.6CH3.2Sn/c1-7-3-5-8(2)6-4-7;;;;;;;;/h3-6H,1-2H2;6*1H3;;. The molecule has 0 aliphatic rings. The Balaban J connectivity index is 2.69. The van der Waals surface area contributed by atoms with Crippen molar-refractivity contribution >= 4 is 36.8 Å². The van der Waals surface area contributed by atoms with Crippen LogP contribution in [0.2, 0.25) is 29.6 Å². The molecule has 0 N–H and O–H groups in total. The van der Waals surface area contributed by atoms with E-state index >= 15 is 0 Å². The molecule has 0 bridgehead atoms. The molecule has 0 radical (unpaired) electrons. The van der Waals surface area contributed by atoms with Crippen LogP contribution in [0.25, 0.3) is 0 Å². The van der Waals surface area contributed by atoms with Gasteiger partial charge in [-0.05, 0) is 0 Å². The Kier molecular flexibility index (Phi) is 5.24. The van der Waals surface area contributed by atoms with Crippen molar-refractivity contribution in [3.8, 4) is 0 Å². The number of benzene rings is 1. The molecule has 0 saturated carbocycles. The summed E-state index contributed by atoms with van der Waals surface area (Å²) < 4.78 is 2.77. The summed E-state index contributed by atoms with van der Waals surface area (Å²) in [6.45, 7) is 0.